The van der Waals surface area contributed by atoms with Crippen molar-refractivity contribution < 1.29 is 27.1 Å². The minimum atomic E-state index is -0.265. The molecule has 5 N–H and O–H groups in total. The zero-order valence-corrected chi connectivity index (χ0v) is 38.2. The molecule has 6 heterocycles. The number of aromatic nitrogens is 6. The van der Waals surface area contributed by atoms with Crippen LogP contribution in [-0.4, -0.2) is 111 Å². The van der Waals surface area contributed by atoms with Crippen molar-refractivity contribution in [1.82, 2.24) is 39.7 Å². The Morgan fingerprint density at radius 1 is 0.623 bits per heavy atom. The van der Waals surface area contributed by atoms with Gasteiger partial charge in [-0.05, 0) is 85.0 Å². The van der Waals surface area contributed by atoms with Crippen LogP contribution in [0.3, 0.4) is 0 Å². The van der Waals surface area contributed by atoms with E-state index in [0.717, 1.165) is 60.9 Å². The minimum absolute atomic E-state index is 0.105. The van der Waals surface area contributed by atoms with Crippen LogP contribution < -0.4 is 31.3 Å². The first-order valence-corrected chi connectivity index (χ1v) is 23.0. The average Bonchev–Trinajstić information content (AvgIpc) is 3.97. The van der Waals surface area contributed by atoms with E-state index >= 15 is 0 Å². The topological polar surface area (TPSA) is 207 Å². The molecule has 19 heteroatoms. The molecule has 17 nitrogen and oxygen atoms in total. The fourth-order valence-corrected chi connectivity index (χ4v) is 8.23. The van der Waals surface area contributed by atoms with E-state index in [2.05, 4.69) is 45.0 Å². The van der Waals surface area contributed by atoms with Crippen molar-refractivity contribution in [3.63, 3.8) is 0 Å². The SMILES string of the molecule is Cc1cccc(NC(=O)N2CCN(c3nc(N)nc4oc(CCc5ccc(F)cc5)nc34)CC2)c1.Nc1nc(N2CCN(CCOc3ccccc3)CC2)c2nc(CCc3ccc(F)cc3)oc2n1. The van der Waals surface area contributed by atoms with Gasteiger partial charge in [0.15, 0.2) is 34.5 Å². The number of amides is 2. The van der Waals surface area contributed by atoms with Gasteiger partial charge in [0.2, 0.25) is 11.9 Å². The number of halogens is 2. The lowest BCUT2D eigenvalue weighted by Crippen LogP contribution is -2.50. The van der Waals surface area contributed by atoms with Gasteiger partial charge in [-0.1, -0.05) is 54.6 Å². The number of para-hydroxylation sites is 1. The summed E-state index contributed by atoms with van der Waals surface area (Å²) in [7, 11) is 0. The number of nitrogens with one attached hydrogen (secondary N) is 1. The Labute approximate surface area is 397 Å². The van der Waals surface area contributed by atoms with E-state index < -0.39 is 0 Å². The first-order chi connectivity index (χ1) is 33.6. The number of carbonyl (C=O) groups is 1. The van der Waals surface area contributed by atoms with Crippen molar-refractivity contribution >= 4 is 57.7 Å². The highest BCUT2D eigenvalue weighted by Crippen LogP contribution is 2.28. The number of nitrogens with zero attached hydrogens (tertiary/aromatic N) is 10. The third-order valence-electron chi connectivity index (χ3n) is 11.9. The van der Waals surface area contributed by atoms with Gasteiger partial charge in [-0.3, -0.25) is 4.90 Å². The van der Waals surface area contributed by atoms with E-state index in [1.165, 1.54) is 24.3 Å². The lowest BCUT2D eigenvalue weighted by molar-refractivity contribution is 0.200. The molecule has 0 saturated carbocycles. The normalized spacial score (nSPS) is 14.2. The molecular weight excluding hydrogens is 885 g/mol. The Balaban J connectivity index is 0.000000172. The number of urea groups is 1. The monoisotopic (exact) mass is 937 g/mol. The molecule has 2 aliphatic rings. The van der Waals surface area contributed by atoms with E-state index in [1.54, 1.807) is 29.2 Å². The van der Waals surface area contributed by atoms with Gasteiger partial charge in [-0.2, -0.15) is 19.9 Å². The summed E-state index contributed by atoms with van der Waals surface area (Å²) < 4.78 is 43.8. The number of hydrogen-bond donors (Lipinski definition) is 3. The van der Waals surface area contributed by atoms with Gasteiger partial charge in [0.25, 0.3) is 11.4 Å². The van der Waals surface area contributed by atoms with E-state index in [0.29, 0.717) is 104 Å². The molecule has 0 atom stereocenters. The molecule has 0 aliphatic carbocycles. The standard InChI is InChI=1S/C25H26FN7O2.C25H27FN6O2/c1-16-3-2-4-19(15-16)28-25(34)33-13-11-32(12-14-33)22-21-23(31-24(27)30-22)35-20(29-21)10-7-17-5-8-18(26)9-6-17;26-19-9-6-18(7-10-19)8-11-21-28-22-23(29-25(27)30-24(22)34-21)32-14-12-31(13-15-32)16-17-33-20-4-2-1-3-5-20/h2-6,8-9,15H,7,10-14H2,1H3,(H,28,34)(H2,27,30,31);1-7,9-10H,8,11-17H2,(H2,27,29,30). The predicted molar refractivity (Wildman–Crippen MR) is 260 cm³/mol. The largest absolute Gasteiger partial charge is 0.492 e. The fraction of sp³-hybridized carbons (Fsp3) is 0.300. The highest BCUT2D eigenvalue weighted by Gasteiger charge is 2.27. The van der Waals surface area contributed by atoms with Crippen molar-refractivity contribution in [1.29, 1.82) is 0 Å². The molecular formula is C50H53F2N13O4. The summed E-state index contributed by atoms with van der Waals surface area (Å²) in [5.41, 5.74) is 17.7. The number of anilines is 5. The second-order valence-electron chi connectivity index (χ2n) is 16.9. The summed E-state index contributed by atoms with van der Waals surface area (Å²) in [4.78, 5) is 47.7. The molecule has 0 spiro atoms. The van der Waals surface area contributed by atoms with E-state index in [1.807, 2.05) is 66.4 Å². The van der Waals surface area contributed by atoms with E-state index in [9.17, 15) is 13.6 Å². The second-order valence-corrected chi connectivity index (χ2v) is 16.9. The number of piperazine rings is 2. The summed E-state index contributed by atoms with van der Waals surface area (Å²) in [5.74, 6) is 3.04. The van der Waals surface area contributed by atoms with Crippen molar-refractivity contribution in [2.24, 2.45) is 0 Å². The maximum atomic E-state index is 13.1. The van der Waals surface area contributed by atoms with Crippen molar-refractivity contribution in [3.8, 4) is 5.75 Å². The molecule has 0 bridgehead atoms. The second kappa shape index (κ2) is 21.4. The molecule has 4 aromatic carbocycles. The zero-order chi connectivity index (χ0) is 47.7. The number of oxazole rings is 2. The number of fused-ring (bicyclic) bond motifs is 2. The number of aryl methyl sites for hydroxylation is 5. The summed E-state index contributed by atoms with van der Waals surface area (Å²) in [5, 5.41) is 2.95. The molecule has 4 aromatic heterocycles. The molecule has 0 radical (unpaired) electrons. The Morgan fingerprint density at radius 3 is 1.67 bits per heavy atom. The Bertz CT molecular complexity index is 2980. The zero-order valence-electron chi connectivity index (χ0n) is 38.2. The van der Waals surface area contributed by atoms with Crippen LogP contribution in [0.5, 0.6) is 5.75 Å². The Hall–Kier alpha value is -7.93. The number of rotatable bonds is 13. The molecule has 0 unspecified atom stereocenters. The minimum Gasteiger partial charge on any atom is -0.492 e. The van der Waals surface area contributed by atoms with Crippen molar-refractivity contribution in [3.05, 3.63) is 143 Å². The summed E-state index contributed by atoms with van der Waals surface area (Å²) in [6.45, 7) is 9.07. The molecule has 2 saturated heterocycles. The van der Waals surface area contributed by atoms with Gasteiger partial charge < -0.3 is 45.1 Å². The first-order valence-electron chi connectivity index (χ1n) is 23.0. The number of hydrogen-bond acceptors (Lipinski definition) is 15. The van der Waals surface area contributed by atoms with Gasteiger partial charge in [-0.25, -0.2) is 23.5 Å². The Kier molecular flexibility index (Phi) is 14.3. The number of nitrogens with two attached hydrogens (primary N) is 2. The molecule has 10 rings (SSSR count). The molecule has 69 heavy (non-hydrogen) atoms. The van der Waals surface area contributed by atoms with Crippen molar-refractivity contribution in [2.45, 2.75) is 32.6 Å². The van der Waals surface area contributed by atoms with Crippen LogP contribution in [0.15, 0.2) is 112 Å². The van der Waals surface area contributed by atoms with E-state index in [4.69, 9.17) is 25.0 Å². The van der Waals surface area contributed by atoms with Gasteiger partial charge in [0.05, 0.1) is 0 Å². The smallest absolute Gasteiger partial charge is 0.321 e. The number of nitrogen functional groups attached to an aromatic ring is 2. The number of benzene rings is 4. The summed E-state index contributed by atoms with van der Waals surface area (Å²) in [6, 6.07) is 30.3. The van der Waals surface area contributed by atoms with Gasteiger partial charge in [-0.15, -0.1) is 0 Å². The third kappa shape index (κ3) is 12.0. The maximum Gasteiger partial charge on any atom is 0.321 e. The van der Waals surface area contributed by atoms with Gasteiger partial charge in [0.1, 0.15) is 24.0 Å². The fourth-order valence-electron chi connectivity index (χ4n) is 8.23. The van der Waals surface area contributed by atoms with Crippen molar-refractivity contribution in [2.75, 3.05) is 92.1 Å². The van der Waals surface area contributed by atoms with Gasteiger partial charge in [0, 0.05) is 77.4 Å². The molecule has 2 fully saturated rings. The number of ether oxygens (including phenoxy) is 1. The maximum absolute atomic E-state index is 13.1. The average molecular weight is 938 g/mol. The van der Waals surface area contributed by atoms with Crippen LogP contribution in [0.4, 0.5) is 42.8 Å². The highest BCUT2D eigenvalue weighted by molar-refractivity contribution is 5.90. The molecule has 2 aliphatic heterocycles. The van der Waals surface area contributed by atoms with Crippen LogP contribution in [0.1, 0.15) is 28.5 Å². The van der Waals surface area contributed by atoms with Crippen LogP contribution >= 0.6 is 0 Å². The van der Waals surface area contributed by atoms with Crippen LogP contribution in [0.25, 0.3) is 22.5 Å². The van der Waals surface area contributed by atoms with Gasteiger partial charge >= 0.3 is 6.03 Å². The Morgan fingerprint density at radius 2 is 1.14 bits per heavy atom. The lowest BCUT2D eigenvalue weighted by Gasteiger charge is -2.35. The summed E-state index contributed by atoms with van der Waals surface area (Å²) in [6.07, 6.45) is 2.46. The lowest BCUT2D eigenvalue weighted by atomic mass is 10.1. The predicted octanol–water partition coefficient (Wildman–Crippen LogP) is 7.11. The molecule has 8 aromatic rings. The molecule has 356 valence electrons. The quantitative estimate of drug-likeness (QED) is 0.105. The third-order valence-corrected chi connectivity index (χ3v) is 11.9. The highest BCUT2D eigenvalue weighted by atomic mass is 19.1. The number of carbonyl (C=O) groups excluding carboxylic acids is 1. The van der Waals surface area contributed by atoms with E-state index in [-0.39, 0.29) is 29.6 Å². The summed E-state index contributed by atoms with van der Waals surface area (Å²) >= 11 is 0. The van der Waals surface area contributed by atoms with Crippen LogP contribution in [0.2, 0.25) is 0 Å². The molecule has 2 amide bonds. The van der Waals surface area contributed by atoms with Crippen LogP contribution in [0, 0.1) is 18.6 Å². The first kappa shape index (κ1) is 46.2. The van der Waals surface area contributed by atoms with Crippen LogP contribution in [-0.2, 0) is 25.7 Å².